The van der Waals surface area contributed by atoms with Crippen LogP contribution in [-0.4, -0.2) is 11.1 Å². The molecule has 0 radical (unpaired) electrons. The predicted octanol–water partition coefficient (Wildman–Crippen LogP) is 1.57. The lowest BCUT2D eigenvalue weighted by Gasteiger charge is -2.14. The second-order valence-corrected chi connectivity index (χ2v) is 2.54. The van der Waals surface area contributed by atoms with Crippen molar-refractivity contribution in [2.24, 2.45) is 5.41 Å². The number of aliphatic carboxylic acids is 1. The van der Waals surface area contributed by atoms with Crippen LogP contribution >= 0.6 is 9.90 Å². The molecule has 0 saturated carbocycles. The Morgan fingerprint density at radius 1 is 1.56 bits per heavy atom. The first kappa shape index (κ1) is 11.7. The van der Waals surface area contributed by atoms with Crippen LogP contribution in [0.4, 0.5) is 0 Å². The highest BCUT2D eigenvalue weighted by atomic mass is 31.0. The summed E-state index contributed by atoms with van der Waals surface area (Å²) in [5.41, 5.74) is -0.542. The van der Waals surface area contributed by atoms with E-state index in [4.69, 9.17) is 5.11 Å². The van der Waals surface area contributed by atoms with Crippen molar-refractivity contribution in [3.05, 3.63) is 0 Å². The third-order valence-corrected chi connectivity index (χ3v) is 1.46. The van der Waals surface area contributed by atoms with E-state index in [0.717, 1.165) is 0 Å². The van der Waals surface area contributed by atoms with Crippen molar-refractivity contribution in [1.29, 1.82) is 0 Å². The Labute approximate surface area is 59.3 Å². The van der Waals surface area contributed by atoms with Crippen molar-refractivity contribution in [3.63, 3.8) is 0 Å². The third kappa shape index (κ3) is 3.47. The Kier molecular flexibility index (Phi) is 4.97. The van der Waals surface area contributed by atoms with E-state index < -0.39 is 11.4 Å². The summed E-state index contributed by atoms with van der Waals surface area (Å²) in [5, 5.41) is 8.44. The normalized spacial score (nSPS) is 10.1. The molecule has 0 amide bonds. The minimum Gasteiger partial charge on any atom is -0.481 e. The molecule has 0 aromatic heterocycles. The molecule has 1 atom stereocenters. The van der Waals surface area contributed by atoms with Gasteiger partial charge in [0.2, 0.25) is 0 Å². The summed E-state index contributed by atoms with van der Waals surface area (Å²) in [6.07, 6.45) is 0.683. The summed E-state index contributed by atoms with van der Waals surface area (Å²) in [7, 11) is 0. The van der Waals surface area contributed by atoms with E-state index in [1.807, 2.05) is 6.92 Å². The number of carboxylic acid groups (broad SMARTS) is 1. The molecular weight excluding hydrogens is 135 g/mol. The number of carbonyl (C=O) groups is 1. The molecule has 9 heavy (non-hydrogen) atoms. The highest BCUT2D eigenvalue weighted by Crippen LogP contribution is 2.18. The molecule has 1 unspecified atom stereocenters. The van der Waals surface area contributed by atoms with Gasteiger partial charge in [-0.15, -0.1) is 0 Å². The van der Waals surface area contributed by atoms with Crippen LogP contribution in [0.5, 0.6) is 0 Å². The zero-order valence-electron chi connectivity index (χ0n) is 6.27. The van der Waals surface area contributed by atoms with Gasteiger partial charge in [0.15, 0.2) is 0 Å². The zero-order chi connectivity index (χ0) is 6.78. The first-order valence-corrected chi connectivity index (χ1v) is 2.74. The van der Waals surface area contributed by atoms with Gasteiger partial charge in [-0.1, -0.05) is 6.92 Å². The summed E-state index contributed by atoms with van der Waals surface area (Å²) >= 11 is 0. The third-order valence-electron chi connectivity index (χ3n) is 1.46. The van der Waals surface area contributed by atoms with Crippen LogP contribution in [0.15, 0.2) is 0 Å². The summed E-state index contributed by atoms with van der Waals surface area (Å²) < 4.78 is 0. The Morgan fingerprint density at radius 3 is 1.89 bits per heavy atom. The topological polar surface area (TPSA) is 37.3 Å². The molecule has 0 saturated heterocycles. The lowest BCUT2D eigenvalue weighted by molar-refractivity contribution is -0.147. The van der Waals surface area contributed by atoms with E-state index in [1.54, 1.807) is 13.8 Å². The van der Waals surface area contributed by atoms with Crippen molar-refractivity contribution in [2.45, 2.75) is 27.2 Å². The molecule has 0 aromatic rings. The van der Waals surface area contributed by atoms with Crippen molar-refractivity contribution < 1.29 is 9.90 Å². The van der Waals surface area contributed by atoms with E-state index in [0.29, 0.717) is 6.42 Å². The van der Waals surface area contributed by atoms with E-state index in [2.05, 4.69) is 0 Å². The van der Waals surface area contributed by atoms with Gasteiger partial charge in [-0.2, -0.15) is 9.90 Å². The summed E-state index contributed by atoms with van der Waals surface area (Å²) in [6, 6.07) is 0. The van der Waals surface area contributed by atoms with Crippen molar-refractivity contribution in [3.8, 4) is 0 Å². The first-order chi connectivity index (χ1) is 3.50. The Hall–Kier alpha value is -0.100. The molecule has 0 heterocycles. The standard InChI is InChI=1S/C6H12O2.H3P/c1-4-6(2,3)5(7)8;/h4H2,1-3H3,(H,7,8);1H3. The molecule has 0 aliphatic carbocycles. The van der Waals surface area contributed by atoms with Gasteiger partial charge in [-0.3, -0.25) is 4.79 Å². The van der Waals surface area contributed by atoms with Gasteiger partial charge in [0.1, 0.15) is 0 Å². The maximum Gasteiger partial charge on any atom is 0.309 e. The highest BCUT2D eigenvalue weighted by molar-refractivity contribution is 6.92. The predicted molar refractivity (Wildman–Crippen MR) is 42.8 cm³/mol. The molecule has 0 aliphatic rings. The van der Waals surface area contributed by atoms with Crippen LogP contribution in [0.25, 0.3) is 0 Å². The maximum atomic E-state index is 10.3. The van der Waals surface area contributed by atoms with Gasteiger partial charge in [-0.05, 0) is 20.3 Å². The molecule has 0 rings (SSSR count). The fourth-order valence-electron chi connectivity index (χ4n) is 0.151. The number of carboxylic acids is 1. The van der Waals surface area contributed by atoms with E-state index >= 15 is 0 Å². The minimum absolute atomic E-state index is 0. The Morgan fingerprint density at radius 2 is 1.89 bits per heavy atom. The molecule has 0 aromatic carbocycles. The van der Waals surface area contributed by atoms with Crippen molar-refractivity contribution in [2.75, 3.05) is 0 Å². The molecule has 0 bridgehead atoms. The first-order valence-electron chi connectivity index (χ1n) is 2.74. The average Bonchev–Trinajstić information content (AvgIpc) is 1.67. The molecular formula is C6H15O2P. The highest BCUT2D eigenvalue weighted by Gasteiger charge is 2.23. The Balaban J connectivity index is 0. The van der Waals surface area contributed by atoms with E-state index in [1.165, 1.54) is 0 Å². The van der Waals surface area contributed by atoms with E-state index in [-0.39, 0.29) is 9.90 Å². The van der Waals surface area contributed by atoms with Crippen LogP contribution in [0.2, 0.25) is 0 Å². The van der Waals surface area contributed by atoms with Crippen molar-refractivity contribution >= 4 is 15.9 Å². The van der Waals surface area contributed by atoms with Crippen LogP contribution in [0, 0.1) is 5.41 Å². The Bertz CT molecular complexity index is 99.2. The second kappa shape index (κ2) is 3.84. The molecule has 56 valence electrons. The van der Waals surface area contributed by atoms with E-state index in [9.17, 15) is 4.79 Å². The monoisotopic (exact) mass is 150 g/mol. The summed E-state index contributed by atoms with van der Waals surface area (Å²) in [6.45, 7) is 5.30. The fourth-order valence-corrected chi connectivity index (χ4v) is 0.151. The molecule has 0 spiro atoms. The average molecular weight is 150 g/mol. The van der Waals surface area contributed by atoms with Crippen molar-refractivity contribution in [1.82, 2.24) is 0 Å². The number of rotatable bonds is 2. The number of hydrogen-bond acceptors (Lipinski definition) is 1. The van der Waals surface area contributed by atoms with Crippen LogP contribution in [0.3, 0.4) is 0 Å². The lowest BCUT2D eigenvalue weighted by Crippen LogP contribution is -2.21. The largest absolute Gasteiger partial charge is 0.481 e. The van der Waals surface area contributed by atoms with Gasteiger partial charge >= 0.3 is 5.97 Å². The maximum absolute atomic E-state index is 10.3. The lowest BCUT2D eigenvalue weighted by atomic mass is 9.91. The van der Waals surface area contributed by atoms with Gasteiger partial charge in [0.25, 0.3) is 0 Å². The summed E-state index contributed by atoms with van der Waals surface area (Å²) in [5.74, 6) is -0.722. The summed E-state index contributed by atoms with van der Waals surface area (Å²) in [4.78, 5) is 10.3. The van der Waals surface area contributed by atoms with Crippen LogP contribution in [0.1, 0.15) is 27.2 Å². The smallest absolute Gasteiger partial charge is 0.309 e. The molecule has 0 fully saturated rings. The number of hydrogen-bond donors (Lipinski definition) is 1. The molecule has 3 heteroatoms. The molecule has 1 N–H and O–H groups in total. The van der Waals surface area contributed by atoms with Gasteiger partial charge in [0, 0.05) is 0 Å². The van der Waals surface area contributed by atoms with Gasteiger partial charge in [-0.25, -0.2) is 0 Å². The molecule has 0 aliphatic heterocycles. The minimum atomic E-state index is -0.722. The molecule has 2 nitrogen and oxygen atoms in total. The second-order valence-electron chi connectivity index (χ2n) is 2.54. The van der Waals surface area contributed by atoms with Crippen LogP contribution in [-0.2, 0) is 4.79 Å². The van der Waals surface area contributed by atoms with Gasteiger partial charge < -0.3 is 5.11 Å². The SMILES string of the molecule is CCC(C)(C)C(=O)O.P. The zero-order valence-corrected chi connectivity index (χ0v) is 7.68. The fraction of sp³-hybridized carbons (Fsp3) is 0.833. The van der Waals surface area contributed by atoms with Gasteiger partial charge in [0.05, 0.1) is 5.41 Å². The van der Waals surface area contributed by atoms with Crippen LogP contribution < -0.4 is 0 Å². The quantitative estimate of drug-likeness (QED) is 0.606.